The van der Waals surface area contributed by atoms with Crippen LogP contribution in [0.4, 0.5) is 0 Å². The molecule has 1 aromatic heterocycles. The Morgan fingerprint density at radius 1 is 1.06 bits per heavy atom. The van der Waals surface area contributed by atoms with E-state index in [9.17, 15) is 0 Å². The number of fused-ring (bicyclic) bond motifs is 1. The highest BCUT2D eigenvalue weighted by Gasteiger charge is 2.55. The first-order valence-electron chi connectivity index (χ1n) is 6.03. The zero-order valence-corrected chi connectivity index (χ0v) is 11.4. The van der Waals surface area contributed by atoms with Crippen LogP contribution in [0, 0.1) is 11.8 Å². The molecule has 1 saturated heterocycles. The van der Waals surface area contributed by atoms with Crippen molar-refractivity contribution in [3.63, 3.8) is 0 Å². The fourth-order valence-electron chi connectivity index (χ4n) is 2.85. The van der Waals surface area contributed by atoms with Crippen molar-refractivity contribution in [1.82, 2.24) is 15.5 Å². The van der Waals surface area contributed by atoms with Gasteiger partial charge >= 0.3 is 0 Å². The van der Waals surface area contributed by atoms with Crippen molar-refractivity contribution in [2.24, 2.45) is 11.8 Å². The molecule has 4 rings (SSSR count). The van der Waals surface area contributed by atoms with E-state index in [1.807, 2.05) is 18.2 Å². The molecule has 2 heterocycles. The Morgan fingerprint density at radius 3 is 2.50 bits per heavy atom. The predicted molar refractivity (Wildman–Crippen MR) is 75.2 cm³/mol. The third-order valence-corrected chi connectivity index (χ3v) is 4.91. The Kier molecular flexibility index (Phi) is 3.09. The molecule has 3 atom stereocenters. The summed E-state index contributed by atoms with van der Waals surface area (Å²) in [6.07, 6.45) is 0. The van der Waals surface area contributed by atoms with Crippen molar-refractivity contribution in [3.8, 4) is 10.6 Å². The second kappa shape index (κ2) is 4.61. The molecule has 1 N–H and O–H groups in total. The Bertz CT molecular complexity index is 532. The maximum absolute atomic E-state index is 4.38. The van der Waals surface area contributed by atoms with Crippen molar-refractivity contribution in [1.29, 1.82) is 0 Å². The van der Waals surface area contributed by atoms with Gasteiger partial charge in [-0.15, -0.1) is 22.6 Å². The second-order valence-corrected chi connectivity index (χ2v) is 5.83. The zero-order chi connectivity index (χ0) is 11.2. The van der Waals surface area contributed by atoms with Gasteiger partial charge in [-0.1, -0.05) is 41.7 Å². The summed E-state index contributed by atoms with van der Waals surface area (Å²) in [6, 6.07) is 10.3. The molecule has 5 heteroatoms. The van der Waals surface area contributed by atoms with Gasteiger partial charge in [0.2, 0.25) is 0 Å². The van der Waals surface area contributed by atoms with Crippen molar-refractivity contribution >= 4 is 23.7 Å². The van der Waals surface area contributed by atoms with Crippen LogP contribution >= 0.6 is 23.7 Å². The van der Waals surface area contributed by atoms with Gasteiger partial charge in [-0.05, 0) is 24.9 Å². The van der Waals surface area contributed by atoms with Crippen LogP contribution in [-0.2, 0) is 0 Å². The quantitative estimate of drug-likeness (QED) is 0.918. The molecule has 94 valence electrons. The summed E-state index contributed by atoms with van der Waals surface area (Å²) in [5.41, 5.74) is 1.18. The highest BCUT2D eigenvalue weighted by atomic mass is 35.5. The number of rotatable bonds is 2. The van der Waals surface area contributed by atoms with Gasteiger partial charge < -0.3 is 5.32 Å². The van der Waals surface area contributed by atoms with Crippen LogP contribution in [0.15, 0.2) is 30.3 Å². The van der Waals surface area contributed by atoms with Gasteiger partial charge in [0.1, 0.15) is 10.0 Å². The first kappa shape index (κ1) is 12.1. The third kappa shape index (κ3) is 1.85. The summed E-state index contributed by atoms with van der Waals surface area (Å²) < 4.78 is 0. The molecule has 0 amide bonds. The fourth-order valence-corrected chi connectivity index (χ4v) is 3.95. The van der Waals surface area contributed by atoms with Gasteiger partial charge in [0, 0.05) is 11.5 Å². The number of hydrogen-bond donors (Lipinski definition) is 1. The van der Waals surface area contributed by atoms with Gasteiger partial charge in [-0.3, -0.25) is 0 Å². The van der Waals surface area contributed by atoms with Crippen molar-refractivity contribution in [3.05, 3.63) is 35.3 Å². The smallest absolute Gasteiger partial charge is 0.147 e. The van der Waals surface area contributed by atoms with Crippen LogP contribution in [0.5, 0.6) is 0 Å². The third-order valence-electron chi connectivity index (χ3n) is 3.84. The van der Waals surface area contributed by atoms with Crippen LogP contribution in [-0.4, -0.2) is 23.3 Å². The normalized spacial score (nSPS) is 28.6. The SMILES string of the molecule is Cl.c1ccc(-c2nnc(C3[C@H]4CNC[C@@H]34)s2)cc1. The summed E-state index contributed by atoms with van der Waals surface area (Å²) in [6.45, 7) is 2.32. The van der Waals surface area contributed by atoms with E-state index in [1.165, 1.54) is 10.6 Å². The number of nitrogens with zero attached hydrogens (tertiary/aromatic N) is 2. The number of piperidine rings is 1. The summed E-state index contributed by atoms with van der Waals surface area (Å²) in [5.74, 6) is 2.34. The molecule has 18 heavy (non-hydrogen) atoms. The Balaban J connectivity index is 0.000001000. The molecule has 2 aromatic rings. The minimum atomic E-state index is 0. The summed E-state index contributed by atoms with van der Waals surface area (Å²) in [4.78, 5) is 0. The molecule has 2 aliphatic rings. The highest BCUT2D eigenvalue weighted by molar-refractivity contribution is 7.14. The largest absolute Gasteiger partial charge is 0.316 e. The maximum Gasteiger partial charge on any atom is 0.147 e. The molecule has 3 nitrogen and oxygen atoms in total. The first-order valence-corrected chi connectivity index (χ1v) is 6.84. The number of nitrogens with one attached hydrogen (secondary N) is 1. The molecule has 1 unspecified atom stereocenters. The van der Waals surface area contributed by atoms with E-state index in [4.69, 9.17) is 0 Å². The van der Waals surface area contributed by atoms with Crippen LogP contribution in [0.25, 0.3) is 10.6 Å². The summed E-state index contributed by atoms with van der Waals surface area (Å²) in [7, 11) is 0. The van der Waals surface area contributed by atoms with Crippen LogP contribution in [0.1, 0.15) is 10.9 Å². The van der Waals surface area contributed by atoms with Crippen LogP contribution in [0.2, 0.25) is 0 Å². The average Bonchev–Trinajstić information content (AvgIpc) is 2.81. The van der Waals surface area contributed by atoms with Gasteiger partial charge in [-0.2, -0.15) is 0 Å². The van der Waals surface area contributed by atoms with Crippen molar-refractivity contribution in [2.75, 3.05) is 13.1 Å². The lowest BCUT2D eigenvalue weighted by atomic mass is 10.2. The molecule has 0 radical (unpaired) electrons. The topological polar surface area (TPSA) is 37.8 Å². The lowest BCUT2D eigenvalue weighted by Crippen LogP contribution is -2.13. The molecular formula is C13H14ClN3S. The second-order valence-electron chi connectivity index (χ2n) is 4.82. The van der Waals surface area contributed by atoms with Crippen molar-refractivity contribution < 1.29 is 0 Å². The highest BCUT2D eigenvalue weighted by Crippen LogP contribution is 2.56. The monoisotopic (exact) mass is 279 g/mol. The van der Waals surface area contributed by atoms with Gasteiger partial charge in [0.25, 0.3) is 0 Å². The first-order chi connectivity index (χ1) is 8.43. The van der Waals surface area contributed by atoms with Crippen molar-refractivity contribution in [2.45, 2.75) is 5.92 Å². The average molecular weight is 280 g/mol. The molecule has 1 aliphatic carbocycles. The number of halogens is 1. The van der Waals surface area contributed by atoms with Gasteiger partial charge in [0.05, 0.1) is 0 Å². The van der Waals surface area contributed by atoms with Gasteiger partial charge in [-0.25, -0.2) is 0 Å². The lowest BCUT2D eigenvalue weighted by Gasteiger charge is -1.98. The van der Waals surface area contributed by atoms with Crippen LogP contribution < -0.4 is 5.32 Å². The van der Waals surface area contributed by atoms with E-state index in [-0.39, 0.29) is 12.4 Å². The van der Waals surface area contributed by atoms with E-state index in [0.717, 1.165) is 29.9 Å². The Labute approximate surface area is 116 Å². The van der Waals surface area contributed by atoms with Gasteiger partial charge in [0.15, 0.2) is 0 Å². The van der Waals surface area contributed by atoms with E-state index in [1.54, 1.807) is 11.3 Å². The molecule has 0 spiro atoms. The standard InChI is InChI=1S/C13H13N3S.ClH/c1-2-4-8(5-3-1)12-15-16-13(17-12)11-9-6-14-7-10(9)11;/h1-5,9-11,14H,6-7H2;1H/t9-,10+,11?;. The van der Waals surface area contributed by atoms with E-state index in [0.29, 0.717) is 5.92 Å². The number of aromatic nitrogens is 2. The lowest BCUT2D eigenvalue weighted by molar-refractivity contribution is 0.678. The molecule has 1 aromatic carbocycles. The minimum absolute atomic E-state index is 0. The Hall–Kier alpha value is -0.970. The van der Waals surface area contributed by atoms with E-state index >= 15 is 0 Å². The molecule has 2 fully saturated rings. The fraction of sp³-hybridized carbons (Fsp3) is 0.385. The van der Waals surface area contributed by atoms with E-state index < -0.39 is 0 Å². The predicted octanol–water partition coefficient (Wildman–Crippen LogP) is 2.56. The molecular weight excluding hydrogens is 266 g/mol. The molecule has 1 saturated carbocycles. The molecule has 1 aliphatic heterocycles. The summed E-state index contributed by atoms with van der Waals surface area (Å²) in [5, 5.41) is 14.4. The Morgan fingerprint density at radius 2 is 1.78 bits per heavy atom. The van der Waals surface area contributed by atoms with Crippen LogP contribution in [0.3, 0.4) is 0 Å². The minimum Gasteiger partial charge on any atom is -0.316 e. The number of benzene rings is 1. The number of hydrogen-bond acceptors (Lipinski definition) is 4. The summed E-state index contributed by atoms with van der Waals surface area (Å²) >= 11 is 1.76. The maximum atomic E-state index is 4.38. The zero-order valence-electron chi connectivity index (χ0n) is 9.74. The molecule has 0 bridgehead atoms. The van der Waals surface area contributed by atoms with E-state index in [2.05, 4.69) is 27.6 Å².